The van der Waals surface area contributed by atoms with Crippen LogP contribution in [0.2, 0.25) is 0 Å². The van der Waals surface area contributed by atoms with Gasteiger partial charge in [-0.1, -0.05) is 6.92 Å². The molecule has 0 aliphatic heterocycles. The van der Waals surface area contributed by atoms with E-state index >= 15 is 0 Å². The number of benzene rings is 2. The van der Waals surface area contributed by atoms with Crippen LogP contribution in [0.5, 0.6) is 5.75 Å². The molecular weight excluding hydrogens is 342 g/mol. The molecule has 0 saturated carbocycles. The fourth-order valence-corrected chi connectivity index (χ4v) is 2.54. The molecule has 3 rings (SSSR count). The van der Waals surface area contributed by atoms with Crippen LogP contribution < -0.4 is 10.1 Å². The minimum Gasteiger partial charge on any atom is -0.491 e. The second-order valence-electron chi connectivity index (χ2n) is 6.32. The standard InChI is InChI=1S/C22H23NO4/c1-3-15(2)26-19-10-6-17(7-11-19)22(25)23-18-8-4-16(5-9-18)21-13-12-20(14-24)27-21/h4-13,15,24H,3,14H2,1-2H3,(H,23,25)/t15-/m1/s1. The Morgan fingerprint density at radius 1 is 1.07 bits per heavy atom. The van der Waals surface area contributed by atoms with Crippen molar-refractivity contribution in [3.8, 4) is 17.1 Å². The molecule has 1 aromatic heterocycles. The van der Waals surface area contributed by atoms with Gasteiger partial charge in [0.2, 0.25) is 0 Å². The zero-order chi connectivity index (χ0) is 19.2. The van der Waals surface area contributed by atoms with Gasteiger partial charge >= 0.3 is 0 Å². The number of carbonyl (C=O) groups excluding carboxylic acids is 1. The number of aliphatic hydroxyl groups excluding tert-OH is 1. The third-order valence-electron chi connectivity index (χ3n) is 4.27. The molecule has 0 saturated heterocycles. The highest BCUT2D eigenvalue weighted by atomic mass is 16.5. The van der Waals surface area contributed by atoms with Crippen LogP contribution in [0.25, 0.3) is 11.3 Å². The molecule has 27 heavy (non-hydrogen) atoms. The molecule has 1 atom stereocenters. The Bertz CT molecular complexity index is 881. The Balaban J connectivity index is 1.63. The van der Waals surface area contributed by atoms with Gasteiger partial charge in [-0.05, 0) is 74.0 Å². The molecular formula is C22H23NO4. The summed E-state index contributed by atoms with van der Waals surface area (Å²) in [7, 11) is 0. The molecule has 5 nitrogen and oxygen atoms in total. The van der Waals surface area contributed by atoms with Crippen LogP contribution in [0.3, 0.4) is 0 Å². The Morgan fingerprint density at radius 2 is 1.78 bits per heavy atom. The van der Waals surface area contributed by atoms with Crippen molar-refractivity contribution in [2.45, 2.75) is 33.0 Å². The number of amides is 1. The number of carbonyl (C=O) groups is 1. The van der Waals surface area contributed by atoms with Crippen LogP contribution in [0, 0.1) is 0 Å². The number of hydrogen-bond acceptors (Lipinski definition) is 4. The topological polar surface area (TPSA) is 71.7 Å². The second-order valence-corrected chi connectivity index (χ2v) is 6.32. The average molecular weight is 365 g/mol. The van der Waals surface area contributed by atoms with Gasteiger partial charge in [-0.25, -0.2) is 0 Å². The van der Waals surface area contributed by atoms with E-state index in [1.165, 1.54) is 0 Å². The lowest BCUT2D eigenvalue weighted by Crippen LogP contribution is -2.12. The van der Waals surface area contributed by atoms with Crippen LogP contribution in [-0.2, 0) is 6.61 Å². The van der Waals surface area contributed by atoms with E-state index in [9.17, 15) is 4.79 Å². The van der Waals surface area contributed by atoms with Crippen molar-refractivity contribution in [2.75, 3.05) is 5.32 Å². The van der Waals surface area contributed by atoms with E-state index in [1.807, 2.05) is 37.3 Å². The van der Waals surface area contributed by atoms with E-state index in [1.54, 1.807) is 30.3 Å². The van der Waals surface area contributed by atoms with Gasteiger partial charge < -0.3 is 19.6 Å². The number of ether oxygens (including phenoxy) is 1. The van der Waals surface area contributed by atoms with Crippen molar-refractivity contribution in [2.24, 2.45) is 0 Å². The fourth-order valence-electron chi connectivity index (χ4n) is 2.54. The zero-order valence-corrected chi connectivity index (χ0v) is 15.4. The lowest BCUT2D eigenvalue weighted by atomic mass is 10.1. The highest BCUT2D eigenvalue weighted by Crippen LogP contribution is 2.24. The normalized spacial score (nSPS) is 11.8. The molecule has 0 aliphatic rings. The molecule has 140 valence electrons. The first-order chi connectivity index (χ1) is 13.1. The predicted octanol–water partition coefficient (Wildman–Crippen LogP) is 4.87. The summed E-state index contributed by atoms with van der Waals surface area (Å²) in [6.45, 7) is 3.95. The maximum absolute atomic E-state index is 12.4. The largest absolute Gasteiger partial charge is 0.491 e. The Morgan fingerprint density at radius 3 is 2.37 bits per heavy atom. The van der Waals surface area contributed by atoms with Gasteiger partial charge in [0.15, 0.2) is 0 Å². The Hall–Kier alpha value is -3.05. The number of hydrogen-bond donors (Lipinski definition) is 2. The molecule has 0 bridgehead atoms. The van der Waals surface area contributed by atoms with Crippen LogP contribution in [0.1, 0.15) is 36.4 Å². The zero-order valence-electron chi connectivity index (χ0n) is 15.4. The first kappa shape index (κ1) is 18.7. The summed E-state index contributed by atoms with van der Waals surface area (Å²) in [6.07, 6.45) is 1.07. The molecule has 1 heterocycles. The minimum absolute atomic E-state index is 0.130. The summed E-state index contributed by atoms with van der Waals surface area (Å²) in [5, 5.41) is 11.9. The summed E-state index contributed by atoms with van der Waals surface area (Å²) >= 11 is 0. The third kappa shape index (κ3) is 4.77. The molecule has 0 radical (unpaired) electrons. The summed E-state index contributed by atoms with van der Waals surface area (Å²) in [6, 6.07) is 18.0. The molecule has 2 N–H and O–H groups in total. The van der Waals surface area contributed by atoms with Crippen molar-refractivity contribution < 1.29 is 19.1 Å². The molecule has 1 amide bonds. The SMILES string of the molecule is CC[C@@H](C)Oc1ccc(C(=O)Nc2ccc(-c3ccc(CO)o3)cc2)cc1. The maximum atomic E-state index is 12.4. The smallest absolute Gasteiger partial charge is 0.255 e. The van der Waals surface area contributed by atoms with Crippen molar-refractivity contribution in [1.82, 2.24) is 0 Å². The lowest BCUT2D eigenvalue weighted by molar-refractivity contribution is 0.102. The monoisotopic (exact) mass is 365 g/mol. The van der Waals surface area contributed by atoms with Gasteiger partial charge in [0.05, 0.1) is 6.10 Å². The van der Waals surface area contributed by atoms with Gasteiger partial charge in [0.25, 0.3) is 5.91 Å². The van der Waals surface area contributed by atoms with Crippen molar-refractivity contribution in [3.05, 3.63) is 72.0 Å². The van der Waals surface area contributed by atoms with Crippen molar-refractivity contribution >= 4 is 11.6 Å². The number of furan rings is 1. The lowest BCUT2D eigenvalue weighted by Gasteiger charge is -2.12. The number of anilines is 1. The Labute approximate surface area is 158 Å². The van der Waals surface area contributed by atoms with E-state index in [0.29, 0.717) is 22.8 Å². The Kier molecular flexibility index (Phi) is 5.94. The van der Waals surface area contributed by atoms with E-state index in [0.717, 1.165) is 17.7 Å². The van der Waals surface area contributed by atoms with E-state index in [-0.39, 0.29) is 18.6 Å². The minimum atomic E-state index is -0.182. The summed E-state index contributed by atoms with van der Waals surface area (Å²) in [5.41, 5.74) is 2.13. The maximum Gasteiger partial charge on any atom is 0.255 e. The van der Waals surface area contributed by atoms with Crippen LogP contribution >= 0.6 is 0 Å². The van der Waals surface area contributed by atoms with Gasteiger partial charge in [-0.2, -0.15) is 0 Å². The number of nitrogens with one attached hydrogen (secondary N) is 1. The first-order valence-corrected chi connectivity index (χ1v) is 8.97. The van der Waals surface area contributed by atoms with Crippen molar-refractivity contribution in [3.63, 3.8) is 0 Å². The van der Waals surface area contributed by atoms with E-state index in [2.05, 4.69) is 12.2 Å². The molecule has 3 aromatic rings. The molecule has 0 spiro atoms. The summed E-state index contributed by atoms with van der Waals surface area (Å²) < 4.78 is 11.2. The highest BCUT2D eigenvalue weighted by molar-refractivity contribution is 6.04. The molecule has 2 aromatic carbocycles. The van der Waals surface area contributed by atoms with Crippen LogP contribution in [0.15, 0.2) is 65.1 Å². The number of rotatable bonds is 7. The first-order valence-electron chi connectivity index (χ1n) is 8.97. The van der Waals surface area contributed by atoms with Crippen LogP contribution in [-0.4, -0.2) is 17.1 Å². The molecule has 0 unspecified atom stereocenters. The summed E-state index contributed by atoms with van der Waals surface area (Å²) in [5.74, 6) is 1.77. The summed E-state index contributed by atoms with van der Waals surface area (Å²) in [4.78, 5) is 12.4. The van der Waals surface area contributed by atoms with Crippen molar-refractivity contribution in [1.29, 1.82) is 0 Å². The van der Waals surface area contributed by atoms with Gasteiger partial charge in [-0.15, -0.1) is 0 Å². The molecule has 5 heteroatoms. The third-order valence-corrected chi connectivity index (χ3v) is 4.27. The van der Waals surface area contributed by atoms with E-state index in [4.69, 9.17) is 14.3 Å². The van der Waals surface area contributed by atoms with E-state index < -0.39 is 0 Å². The quantitative estimate of drug-likeness (QED) is 0.627. The molecule has 0 fully saturated rings. The molecule has 0 aliphatic carbocycles. The highest BCUT2D eigenvalue weighted by Gasteiger charge is 2.09. The predicted molar refractivity (Wildman–Crippen MR) is 105 cm³/mol. The number of aliphatic hydroxyl groups is 1. The second kappa shape index (κ2) is 8.56. The van der Waals surface area contributed by atoms with Gasteiger partial charge in [0, 0.05) is 16.8 Å². The van der Waals surface area contributed by atoms with Gasteiger partial charge in [0.1, 0.15) is 23.9 Å². The average Bonchev–Trinajstić information content (AvgIpc) is 3.18. The fraction of sp³-hybridized carbons (Fsp3) is 0.227. The van der Waals surface area contributed by atoms with Crippen LogP contribution in [0.4, 0.5) is 5.69 Å². The van der Waals surface area contributed by atoms with Gasteiger partial charge in [-0.3, -0.25) is 4.79 Å².